The number of hydrogen-bond acceptors (Lipinski definition) is 3. The van der Waals surface area contributed by atoms with Gasteiger partial charge in [0.2, 0.25) is 10.0 Å². The molecule has 2 amide bonds. The minimum absolute atomic E-state index is 0.242. The highest BCUT2D eigenvalue weighted by atomic mass is 32.2. The first-order valence-electron chi connectivity index (χ1n) is 8.12. The van der Waals surface area contributed by atoms with Gasteiger partial charge in [0.15, 0.2) is 0 Å². The summed E-state index contributed by atoms with van der Waals surface area (Å²) in [5, 5.41) is 2.69. The van der Waals surface area contributed by atoms with Gasteiger partial charge in [-0.15, -0.1) is 0 Å². The van der Waals surface area contributed by atoms with Gasteiger partial charge in [-0.1, -0.05) is 27.7 Å². The normalized spacial score (nSPS) is 12.0. The number of benzene rings is 1. The second-order valence-electron chi connectivity index (χ2n) is 6.96. The van der Waals surface area contributed by atoms with E-state index in [0.717, 1.165) is 0 Å². The second kappa shape index (κ2) is 8.48. The van der Waals surface area contributed by atoms with Gasteiger partial charge in [-0.2, -0.15) is 4.31 Å². The fraction of sp³-hybridized carbons (Fsp3) is 0.588. The number of carbonyl (C=O) groups is 1. The average Bonchev–Trinajstić information content (AvgIpc) is 2.46. The van der Waals surface area contributed by atoms with Gasteiger partial charge < -0.3 is 10.2 Å². The monoisotopic (exact) mass is 355 g/mol. The Morgan fingerprint density at radius 3 is 1.83 bits per heavy atom. The number of nitrogens with one attached hydrogen (secondary N) is 1. The number of carbonyl (C=O) groups excluding carboxylic acids is 1. The van der Waals surface area contributed by atoms with Crippen LogP contribution in [0.1, 0.15) is 27.7 Å². The molecule has 0 aromatic heterocycles. The summed E-state index contributed by atoms with van der Waals surface area (Å²) in [7, 11) is -0.257. The Morgan fingerprint density at radius 2 is 1.46 bits per heavy atom. The Hall–Kier alpha value is -1.60. The van der Waals surface area contributed by atoms with E-state index in [2.05, 4.69) is 5.32 Å². The smallest absolute Gasteiger partial charge is 0.321 e. The van der Waals surface area contributed by atoms with Crippen molar-refractivity contribution in [3.05, 3.63) is 24.3 Å². The Kier molecular flexibility index (Phi) is 7.23. The van der Waals surface area contributed by atoms with Crippen molar-refractivity contribution in [3.63, 3.8) is 0 Å². The maximum Gasteiger partial charge on any atom is 0.321 e. The summed E-state index contributed by atoms with van der Waals surface area (Å²) in [6, 6.07) is 6.03. The Labute approximate surface area is 145 Å². The third-order valence-electron chi connectivity index (χ3n) is 3.29. The predicted molar refractivity (Wildman–Crippen MR) is 97.6 cm³/mol. The van der Waals surface area contributed by atoms with E-state index in [1.165, 1.54) is 21.3 Å². The van der Waals surface area contributed by atoms with E-state index in [-0.39, 0.29) is 22.8 Å². The van der Waals surface area contributed by atoms with Crippen molar-refractivity contribution in [1.29, 1.82) is 0 Å². The molecule has 0 radical (unpaired) electrons. The zero-order valence-corrected chi connectivity index (χ0v) is 16.2. The number of nitrogens with zero attached hydrogens (tertiary/aromatic N) is 2. The van der Waals surface area contributed by atoms with E-state index in [4.69, 9.17) is 0 Å². The molecule has 24 heavy (non-hydrogen) atoms. The van der Waals surface area contributed by atoms with E-state index in [1.54, 1.807) is 26.2 Å². The van der Waals surface area contributed by atoms with Crippen molar-refractivity contribution in [2.24, 2.45) is 11.8 Å². The molecule has 6 nitrogen and oxygen atoms in total. The van der Waals surface area contributed by atoms with Gasteiger partial charge in [-0.25, -0.2) is 13.2 Å². The zero-order valence-electron chi connectivity index (χ0n) is 15.4. The van der Waals surface area contributed by atoms with Crippen LogP contribution in [0.4, 0.5) is 10.5 Å². The van der Waals surface area contributed by atoms with E-state index in [9.17, 15) is 13.2 Å². The van der Waals surface area contributed by atoms with E-state index >= 15 is 0 Å². The molecule has 1 aromatic carbocycles. The Bertz CT molecular complexity index is 628. The van der Waals surface area contributed by atoms with Crippen molar-refractivity contribution in [2.75, 3.05) is 32.5 Å². The second-order valence-corrected chi connectivity index (χ2v) is 8.90. The van der Waals surface area contributed by atoms with Crippen LogP contribution in [0.3, 0.4) is 0 Å². The molecule has 0 saturated carbocycles. The predicted octanol–water partition coefficient (Wildman–Crippen LogP) is 3.08. The number of hydrogen-bond donors (Lipinski definition) is 1. The van der Waals surface area contributed by atoms with E-state index in [0.29, 0.717) is 18.8 Å². The molecule has 0 fully saturated rings. The summed E-state index contributed by atoms with van der Waals surface area (Å²) in [4.78, 5) is 13.3. The molecular formula is C17H29N3O3S. The first kappa shape index (κ1) is 20.4. The topological polar surface area (TPSA) is 69.7 Å². The van der Waals surface area contributed by atoms with Crippen LogP contribution < -0.4 is 5.32 Å². The lowest BCUT2D eigenvalue weighted by atomic mass is 10.2. The van der Waals surface area contributed by atoms with Gasteiger partial charge in [0.25, 0.3) is 0 Å². The number of amides is 2. The maximum absolute atomic E-state index is 12.9. The molecule has 0 unspecified atom stereocenters. The average molecular weight is 356 g/mol. The van der Waals surface area contributed by atoms with Crippen LogP contribution in [-0.2, 0) is 10.0 Å². The number of urea groups is 1. The SMILES string of the molecule is CC(C)CN(CC(C)C)S(=O)(=O)c1ccc(NC(=O)N(C)C)cc1. The molecule has 1 N–H and O–H groups in total. The fourth-order valence-corrected chi connectivity index (χ4v) is 3.95. The van der Waals surface area contributed by atoms with Gasteiger partial charge in [-0.3, -0.25) is 0 Å². The van der Waals surface area contributed by atoms with E-state index in [1.807, 2.05) is 27.7 Å². The minimum Gasteiger partial charge on any atom is -0.331 e. The first-order chi connectivity index (χ1) is 11.0. The first-order valence-corrected chi connectivity index (χ1v) is 9.56. The largest absolute Gasteiger partial charge is 0.331 e. The molecule has 0 saturated heterocycles. The van der Waals surface area contributed by atoms with Crippen LogP contribution in [0.25, 0.3) is 0 Å². The molecule has 0 aliphatic rings. The summed E-state index contributed by atoms with van der Waals surface area (Å²) < 4.78 is 27.3. The summed E-state index contributed by atoms with van der Waals surface area (Å²) in [6.45, 7) is 8.98. The molecular weight excluding hydrogens is 326 g/mol. The van der Waals surface area contributed by atoms with E-state index < -0.39 is 10.0 Å². The molecule has 0 atom stereocenters. The van der Waals surface area contributed by atoms with Crippen molar-refractivity contribution in [1.82, 2.24) is 9.21 Å². The van der Waals surface area contributed by atoms with Crippen molar-refractivity contribution in [3.8, 4) is 0 Å². The lowest BCUT2D eigenvalue weighted by Crippen LogP contribution is -2.37. The van der Waals surface area contributed by atoms with Crippen LogP contribution in [0.15, 0.2) is 29.2 Å². The fourth-order valence-electron chi connectivity index (χ4n) is 2.18. The quantitative estimate of drug-likeness (QED) is 0.817. The van der Waals surface area contributed by atoms with Crippen molar-refractivity contribution < 1.29 is 13.2 Å². The summed E-state index contributed by atoms with van der Waals surface area (Å²) >= 11 is 0. The minimum atomic E-state index is -3.54. The van der Waals surface area contributed by atoms with Gasteiger partial charge >= 0.3 is 6.03 Å². The van der Waals surface area contributed by atoms with Crippen LogP contribution in [0.2, 0.25) is 0 Å². The van der Waals surface area contributed by atoms with Crippen LogP contribution in [-0.4, -0.2) is 50.8 Å². The van der Waals surface area contributed by atoms with Gasteiger partial charge in [0.1, 0.15) is 0 Å². The van der Waals surface area contributed by atoms with Gasteiger partial charge in [0.05, 0.1) is 4.90 Å². The highest BCUT2D eigenvalue weighted by Crippen LogP contribution is 2.21. The van der Waals surface area contributed by atoms with Crippen molar-refractivity contribution in [2.45, 2.75) is 32.6 Å². The molecule has 0 aliphatic carbocycles. The lowest BCUT2D eigenvalue weighted by Gasteiger charge is -2.25. The van der Waals surface area contributed by atoms with Crippen LogP contribution in [0.5, 0.6) is 0 Å². The van der Waals surface area contributed by atoms with Gasteiger partial charge in [0, 0.05) is 32.9 Å². The number of anilines is 1. The lowest BCUT2D eigenvalue weighted by molar-refractivity contribution is 0.230. The van der Waals surface area contributed by atoms with Gasteiger partial charge in [-0.05, 0) is 36.1 Å². The molecule has 0 heterocycles. The summed E-state index contributed by atoms with van der Waals surface area (Å²) in [6.07, 6.45) is 0. The molecule has 0 bridgehead atoms. The molecule has 0 spiro atoms. The Morgan fingerprint density at radius 1 is 1.00 bits per heavy atom. The zero-order chi connectivity index (χ0) is 18.5. The van der Waals surface area contributed by atoms with Crippen molar-refractivity contribution >= 4 is 21.7 Å². The summed E-state index contributed by atoms with van der Waals surface area (Å²) in [5.74, 6) is 0.495. The molecule has 136 valence electrons. The molecule has 1 rings (SSSR count). The third kappa shape index (κ3) is 5.79. The van der Waals surface area contributed by atoms with Crippen LogP contribution >= 0.6 is 0 Å². The highest BCUT2D eigenvalue weighted by Gasteiger charge is 2.25. The highest BCUT2D eigenvalue weighted by molar-refractivity contribution is 7.89. The van der Waals surface area contributed by atoms with Crippen LogP contribution in [0, 0.1) is 11.8 Å². The standard InChI is InChI=1S/C17H29N3O3S/c1-13(2)11-20(12-14(3)4)24(22,23)16-9-7-15(8-10-16)18-17(21)19(5)6/h7-10,13-14H,11-12H2,1-6H3,(H,18,21). The molecule has 0 aliphatic heterocycles. The third-order valence-corrected chi connectivity index (χ3v) is 5.13. The molecule has 7 heteroatoms. The Balaban J connectivity index is 3.01. The molecule has 1 aromatic rings. The number of sulfonamides is 1. The number of rotatable bonds is 7. The maximum atomic E-state index is 12.9. The summed E-state index contributed by atoms with van der Waals surface area (Å²) in [5.41, 5.74) is 0.562.